The van der Waals surface area contributed by atoms with Crippen LogP contribution in [0, 0.1) is 0 Å². The van der Waals surface area contributed by atoms with Gasteiger partial charge in [0.1, 0.15) is 5.78 Å². The first-order chi connectivity index (χ1) is 3.72. The third-order valence-corrected chi connectivity index (χ3v) is 1.50. The van der Waals surface area contributed by atoms with Gasteiger partial charge in [-0.1, -0.05) is 16.3 Å². The standard InChI is InChI=1S/C5H12NOP/c1-3-5(6-8)4(2)7/h5-6H,3,8H2,1-2H3/t5-/m0/s1. The van der Waals surface area contributed by atoms with Crippen LogP contribution < -0.4 is 5.09 Å². The molecule has 0 heterocycles. The van der Waals surface area contributed by atoms with Crippen molar-refractivity contribution in [1.82, 2.24) is 5.09 Å². The van der Waals surface area contributed by atoms with Crippen LogP contribution in [0.1, 0.15) is 20.3 Å². The summed E-state index contributed by atoms with van der Waals surface area (Å²) in [6.45, 7) is 3.56. The summed E-state index contributed by atoms with van der Waals surface area (Å²) in [4.78, 5) is 10.5. The van der Waals surface area contributed by atoms with Gasteiger partial charge in [0.25, 0.3) is 0 Å². The summed E-state index contributed by atoms with van der Waals surface area (Å²) in [5, 5.41) is 2.82. The number of hydrogen-bond acceptors (Lipinski definition) is 2. The summed E-state index contributed by atoms with van der Waals surface area (Å²) >= 11 is 0. The molecule has 0 radical (unpaired) electrons. The number of ketones is 1. The summed E-state index contributed by atoms with van der Waals surface area (Å²) in [6.07, 6.45) is 0.860. The molecule has 0 aliphatic heterocycles. The van der Waals surface area contributed by atoms with Crippen LogP contribution in [0.2, 0.25) is 0 Å². The normalized spacial score (nSPS) is 13.4. The van der Waals surface area contributed by atoms with Gasteiger partial charge in [0.2, 0.25) is 0 Å². The molecule has 0 rings (SSSR count). The van der Waals surface area contributed by atoms with Gasteiger partial charge >= 0.3 is 0 Å². The highest BCUT2D eigenvalue weighted by molar-refractivity contribution is 7.13. The molecule has 3 heteroatoms. The fraction of sp³-hybridized carbons (Fsp3) is 0.800. The Hall–Kier alpha value is 0.0600. The van der Waals surface area contributed by atoms with Gasteiger partial charge in [-0.25, -0.2) is 0 Å². The Morgan fingerprint density at radius 1 is 1.88 bits per heavy atom. The molecule has 0 aliphatic carbocycles. The van der Waals surface area contributed by atoms with Crippen molar-refractivity contribution in [3.63, 3.8) is 0 Å². The largest absolute Gasteiger partial charge is 0.298 e. The SMILES string of the molecule is CC[C@H](NP)C(C)=O. The fourth-order valence-electron chi connectivity index (χ4n) is 0.523. The molecule has 1 unspecified atom stereocenters. The van der Waals surface area contributed by atoms with Crippen molar-refractivity contribution in [2.75, 3.05) is 0 Å². The minimum atomic E-state index is 0.0278. The van der Waals surface area contributed by atoms with Gasteiger partial charge in [-0.3, -0.25) is 9.88 Å². The molecule has 0 fully saturated rings. The summed E-state index contributed by atoms with van der Waals surface area (Å²) in [7, 11) is 2.34. The van der Waals surface area contributed by atoms with Crippen molar-refractivity contribution in [3.05, 3.63) is 0 Å². The summed E-state index contributed by atoms with van der Waals surface area (Å²) in [5.41, 5.74) is 0. The van der Waals surface area contributed by atoms with E-state index in [1.54, 1.807) is 6.92 Å². The molecule has 8 heavy (non-hydrogen) atoms. The fourth-order valence-corrected chi connectivity index (χ4v) is 0.993. The van der Waals surface area contributed by atoms with E-state index >= 15 is 0 Å². The van der Waals surface area contributed by atoms with E-state index in [-0.39, 0.29) is 11.8 Å². The molecular weight excluding hydrogens is 121 g/mol. The average Bonchev–Trinajstić information content (AvgIpc) is 1.69. The highest BCUT2D eigenvalue weighted by Gasteiger charge is 2.06. The first-order valence-corrected chi connectivity index (χ1v) is 3.26. The lowest BCUT2D eigenvalue weighted by Crippen LogP contribution is -2.26. The lowest BCUT2D eigenvalue weighted by molar-refractivity contribution is -0.118. The number of carbonyl (C=O) groups excluding carboxylic acids is 1. The zero-order valence-corrected chi connectivity index (χ0v) is 6.42. The van der Waals surface area contributed by atoms with E-state index in [1.165, 1.54) is 0 Å². The van der Waals surface area contributed by atoms with E-state index in [0.29, 0.717) is 0 Å². The maximum atomic E-state index is 10.5. The minimum Gasteiger partial charge on any atom is -0.298 e. The third kappa shape index (κ3) is 2.39. The zero-order chi connectivity index (χ0) is 6.57. The van der Waals surface area contributed by atoms with Crippen molar-refractivity contribution in [2.45, 2.75) is 26.3 Å². The Kier molecular flexibility index (Phi) is 4.02. The first kappa shape index (κ1) is 8.06. The minimum absolute atomic E-state index is 0.0278. The second kappa shape index (κ2) is 3.99. The van der Waals surface area contributed by atoms with E-state index in [4.69, 9.17) is 0 Å². The number of nitrogens with one attached hydrogen (secondary N) is 1. The van der Waals surface area contributed by atoms with Crippen LogP contribution in [-0.4, -0.2) is 11.8 Å². The highest BCUT2D eigenvalue weighted by atomic mass is 31.0. The van der Waals surface area contributed by atoms with Crippen molar-refractivity contribution in [1.29, 1.82) is 0 Å². The van der Waals surface area contributed by atoms with Crippen LogP contribution in [-0.2, 0) is 4.79 Å². The van der Waals surface area contributed by atoms with Crippen molar-refractivity contribution < 1.29 is 4.79 Å². The monoisotopic (exact) mass is 133 g/mol. The molecule has 0 aromatic heterocycles. The number of Topliss-reactive ketones (excluding diaryl/α,β-unsaturated/α-hetero) is 1. The van der Waals surface area contributed by atoms with Gasteiger partial charge in [-0.2, -0.15) is 0 Å². The summed E-state index contributed by atoms with van der Waals surface area (Å²) < 4.78 is 0. The van der Waals surface area contributed by atoms with E-state index in [2.05, 4.69) is 14.5 Å². The molecule has 1 N–H and O–H groups in total. The van der Waals surface area contributed by atoms with Crippen LogP contribution in [0.4, 0.5) is 0 Å². The quantitative estimate of drug-likeness (QED) is 0.575. The lowest BCUT2D eigenvalue weighted by atomic mass is 10.2. The third-order valence-electron chi connectivity index (χ3n) is 1.10. The molecule has 0 bridgehead atoms. The summed E-state index contributed by atoms with van der Waals surface area (Å²) in [5.74, 6) is 0.197. The topological polar surface area (TPSA) is 29.1 Å². The van der Waals surface area contributed by atoms with Crippen molar-refractivity contribution in [2.24, 2.45) is 0 Å². The highest BCUT2D eigenvalue weighted by Crippen LogP contribution is 1.93. The second-order valence-electron chi connectivity index (χ2n) is 1.74. The van der Waals surface area contributed by atoms with Crippen LogP contribution in [0.15, 0.2) is 0 Å². The molecule has 0 amide bonds. The Morgan fingerprint density at radius 3 is 2.38 bits per heavy atom. The van der Waals surface area contributed by atoms with Crippen molar-refractivity contribution in [3.8, 4) is 0 Å². The first-order valence-electron chi connectivity index (χ1n) is 2.69. The molecular formula is C5H12NOP. The van der Waals surface area contributed by atoms with Crippen LogP contribution >= 0.6 is 9.39 Å². The molecule has 0 saturated carbocycles. The van der Waals surface area contributed by atoms with Crippen LogP contribution in [0.25, 0.3) is 0 Å². The molecule has 0 spiro atoms. The smallest absolute Gasteiger partial charge is 0.146 e. The molecule has 48 valence electrons. The van der Waals surface area contributed by atoms with Gasteiger partial charge < -0.3 is 0 Å². The van der Waals surface area contributed by atoms with Gasteiger partial charge in [-0.05, 0) is 13.3 Å². The van der Waals surface area contributed by atoms with E-state index < -0.39 is 0 Å². The van der Waals surface area contributed by atoms with Crippen molar-refractivity contribution >= 4 is 15.2 Å². The van der Waals surface area contributed by atoms with Crippen LogP contribution in [0.5, 0.6) is 0 Å². The Morgan fingerprint density at radius 2 is 2.38 bits per heavy atom. The van der Waals surface area contributed by atoms with Gasteiger partial charge in [0.15, 0.2) is 0 Å². The maximum Gasteiger partial charge on any atom is 0.146 e. The van der Waals surface area contributed by atoms with E-state index in [0.717, 1.165) is 6.42 Å². The van der Waals surface area contributed by atoms with Gasteiger partial charge in [0, 0.05) is 0 Å². The number of rotatable bonds is 3. The van der Waals surface area contributed by atoms with E-state index in [1.807, 2.05) is 6.92 Å². The maximum absolute atomic E-state index is 10.5. The Bertz CT molecular complexity index is 80.5. The molecule has 0 aromatic rings. The Balaban J connectivity index is 3.52. The molecule has 0 aromatic carbocycles. The predicted molar refractivity (Wildman–Crippen MR) is 37.6 cm³/mol. The molecule has 0 saturated heterocycles. The predicted octanol–water partition coefficient (Wildman–Crippen LogP) is 0.734. The zero-order valence-electron chi connectivity index (χ0n) is 5.27. The average molecular weight is 133 g/mol. The van der Waals surface area contributed by atoms with Gasteiger partial charge in [-0.15, -0.1) is 0 Å². The molecule has 2 nitrogen and oxygen atoms in total. The lowest BCUT2D eigenvalue weighted by Gasteiger charge is -2.06. The van der Waals surface area contributed by atoms with Gasteiger partial charge in [0.05, 0.1) is 6.04 Å². The van der Waals surface area contributed by atoms with Crippen LogP contribution in [0.3, 0.4) is 0 Å². The Labute approximate surface area is 52.3 Å². The molecule has 2 atom stereocenters. The molecule has 0 aliphatic rings. The number of carbonyl (C=O) groups is 1. The number of hydrogen-bond donors (Lipinski definition) is 1. The van der Waals surface area contributed by atoms with E-state index in [9.17, 15) is 4.79 Å². The second-order valence-corrected chi connectivity index (χ2v) is 2.07. The summed E-state index contributed by atoms with van der Waals surface area (Å²) in [6, 6.07) is 0.0278.